The third-order valence-electron chi connectivity index (χ3n) is 6.58. The average Bonchev–Trinajstić information content (AvgIpc) is 3.32. The summed E-state index contributed by atoms with van der Waals surface area (Å²) in [5.41, 5.74) is 1.41. The fourth-order valence-electron chi connectivity index (χ4n) is 5.08. The van der Waals surface area contributed by atoms with Gasteiger partial charge in [0.1, 0.15) is 18.0 Å². The minimum atomic E-state index is -1.07. The zero-order chi connectivity index (χ0) is 24.1. The number of carbonyl (C=O) groups excluding carboxylic acids is 3. The molecule has 0 radical (unpaired) electrons. The van der Waals surface area contributed by atoms with Gasteiger partial charge in [-0.2, -0.15) is 0 Å². The number of aryl methyl sites for hydroxylation is 1. The lowest BCUT2D eigenvalue weighted by molar-refractivity contribution is -0.133. The number of carbonyl (C=O) groups is 3. The molecule has 2 aromatic rings. The van der Waals surface area contributed by atoms with E-state index in [4.69, 9.17) is 9.47 Å². The molecule has 1 aliphatic carbocycles. The van der Waals surface area contributed by atoms with Crippen LogP contribution in [-0.4, -0.2) is 41.3 Å². The Balaban J connectivity index is 1.65. The number of hydrogen-bond acceptors (Lipinski definition) is 7. The van der Waals surface area contributed by atoms with Crippen molar-refractivity contribution in [3.63, 3.8) is 0 Å². The van der Waals surface area contributed by atoms with Gasteiger partial charge in [-0.3, -0.25) is 19.3 Å². The molecule has 3 heterocycles. The van der Waals surface area contributed by atoms with E-state index in [1.807, 2.05) is 13.0 Å². The maximum Gasteiger partial charge on any atom is 0.296 e. The van der Waals surface area contributed by atoms with Gasteiger partial charge >= 0.3 is 0 Å². The molecule has 4 atom stereocenters. The highest BCUT2D eigenvalue weighted by atomic mass is 32.1. The fraction of sp³-hybridized carbons (Fsp3) is 0.440. The summed E-state index contributed by atoms with van der Waals surface area (Å²) in [7, 11) is 0. The van der Waals surface area contributed by atoms with Crippen LogP contribution in [0.1, 0.15) is 60.1 Å². The lowest BCUT2D eigenvalue weighted by Crippen LogP contribution is -2.42. The number of ether oxygens (including phenoxy) is 2. The number of anilines is 1. The van der Waals surface area contributed by atoms with Crippen molar-refractivity contribution in [3.05, 3.63) is 51.7 Å². The van der Waals surface area contributed by atoms with Crippen molar-refractivity contribution >= 4 is 33.9 Å². The summed E-state index contributed by atoms with van der Waals surface area (Å²) in [6, 6.07) is 6.39. The van der Waals surface area contributed by atoms with Crippen molar-refractivity contribution in [1.29, 1.82) is 0 Å². The van der Waals surface area contributed by atoms with Gasteiger partial charge in [-0.05, 0) is 50.8 Å². The van der Waals surface area contributed by atoms with E-state index in [-0.39, 0.29) is 29.3 Å². The van der Waals surface area contributed by atoms with Gasteiger partial charge in [0.2, 0.25) is 0 Å². The lowest BCUT2D eigenvalue weighted by Gasteiger charge is -2.36. The van der Waals surface area contributed by atoms with Gasteiger partial charge < -0.3 is 9.47 Å². The minimum absolute atomic E-state index is 0.00704. The molecule has 1 amide bonds. The Kier molecular flexibility index (Phi) is 5.75. The van der Waals surface area contributed by atoms with E-state index >= 15 is 0 Å². The standard InChI is InChI=1S/C25H25FN2O5S/c1-4-32-16-7-5-6-14(10-16)20-19-21(30)17-11-15(26)8-9-18(17)33-22(19)24(31)28(20)25-27-12(2)23(34-25)13(3)29/h5-7,10,15,17-18,20H,4,8-9,11H2,1-3H3. The molecular formula is C25H25FN2O5S. The van der Waals surface area contributed by atoms with Crippen molar-refractivity contribution < 1.29 is 28.2 Å². The van der Waals surface area contributed by atoms with E-state index in [1.165, 1.54) is 11.8 Å². The molecule has 34 heavy (non-hydrogen) atoms. The molecule has 0 N–H and O–H groups in total. The average molecular weight is 485 g/mol. The molecule has 1 fully saturated rings. The minimum Gasteiger partial charge on any atom is -0.494 e. The van der Waals surface area contributed by atoms with Crippen LogP contribution >= 0.6 is 11.3 Å². The SMILES string of the molecule is CCOc1cccc(C2C3=C(OC4CCC(F)CC4C3=O)C(=O)N2c2nc(C)c(C(C)=O)s2)c1. The summed E-state index contributed by atoms with van der Waals surface area (Å²) in [6.07, 6.45) is -0.795. The Bertz CT molecular complexity index is 1220. The summed E-state index contributed by atoms with van der Waals surface area (Å²) < 4.78 is 26.0. The first-order valence-electron chi connectivity index (χ1n) is 11.4. The monoisotopic (exact) mass is 484 g/mol. The van der Waals surface area contributed by atoms with Crippen LogP contribution in [0, 0.1) is 12.8 Å². The van der Waals surface area contributed by atoms with E-state index < -0.39 is 30.1 Å². The lowest BCUT2D eigenvalue weighted by atomic mass is 9.77. The number of rotatable bonds is 5. The summed E-state index contributed by atoms with van der Waals surface area (Å²) in [5, 5.41) is 0.316. The molecule has 9 heteroatoms. The molecule has 0 spiro atoms. The van der Waals surface area contributed by atoms with Crippen molar-refractivity contribution in [1.82, 2.24) is 4.98 Å². The molecule has 1 aromatic carbocycles. The van der Waals surface area contributed by atoms with Crippen LogP contribution in [0.3, 0.4) is 0 Å². The first-order valence-corrected chi connectivity index (χ1v) is 12.3. The summed E-state index contributed by atoms with van der Waals surface area (Å²) in [5.74, 6) is -0.889. The second-order valence-electron chi connectivity index (χ2n) is 8.83. The third kappa shape index (κ3) is 3.62. The van der Waals surface area contributed by atoms with Crippen molar-refractivity contribution in [2.75, 3.05) is 11.5 Å². The molecular weight excluding hydrogens is 459 g/mol. The summed E-state index contributed by atoms with van der Waals surface area (Å²) in [6.45, 7) is 5.50. The Morgan fingerprint density at radius 2 is 2.12 bits per heavy atom. The van der Waals surface area contributed by atoms with Gasteiger partial charge in [-0.25, -0.2) is 9.37 Å². The molecule has 1 aromatic heterocycles. The highest BCUT2D eigenvalue weighted by Crippen LogP contribution is 2.49. The molecule has 7 nitrogen and oxygen atoms in total. The predicted molar refractivity (Wildman–Crippen MR) is 124 cm³/mol. The molecule has 0 bridgehead atoms. The van der Waals surface area contributed by atoms with Crippen LogP contribution in [0.2, 0.25) is 0 Å². The summed E-state index contributed by atoms with van der Waals surface area (Å²) >= 11 is 1.11. The third-order valence-corrected chi connectivity index (χ3v) is 7.84. The number of ketones is 2. The number of thiazole rings is 1. The van der Waals surface area contributed by atoms with Crippen LogP contribution in [0.25, 0.3) is 0 Å². The molecule has 1 saturated carbocycles. The smallest absolute Gasteiger partial charge is 0.296 e. The highest BCUT2D eigenvalue weighted by molar-refractivity contribution is 7.17. The Morgan fingerprint density at radius 3 is 2.82 bits per heavy atom. The maximum absolute atomic E-state index is 14.2. The first kappa shape index (κ1) is 22.7. The highest BCUT2D eigenvalue weighted by Gasteiger charge is 2.54. The van der Waals surface area contributed by atoms with Crippen LogP contribution in [-0.2, 0) is 14.3 Å². The van der Waals surface area contributed by atoms with E-state index in [1.54, 1.807) is 25.1 Å². The van der Waals surface area contributed by atoms with Gasteiger partial charge in [0, 0.05) is 6.92 Å². The quantitative estimate of drug-likeness (QED) is 0.581. The van der Waals surface area contributed by atoms with E-state index in [2.05, 4.69) is 4.98 Å². The van der Waals surface area contributed by atoms with Gasteiger partial charge in [-0.1, -0.05) is 23.5 Å². The van der Waals surface area contributed by atoms with E-state index in [0.29, 0.717) is 46.5 Å². The van der Waals surface area contributed by atoms with Crippen LogP contribution in [0.5, 0.6) is 5.75 Å². The zero-order valence-electron chi connectivity index (χ0n) is 19.2. The number of Topliss-reactive ketones (excluding diaryl/α,β-unsaturated/α-hetero) is 2. The Hall–Kier alpha value is -3.07. The summed E-state index contributed by atoms with van der Waals surface area (Å²) in [4.78, 5) is 45.8. The Labute approximate surface area is 200 Å². The van der Waals surface area contributed by atoms with Crippen LogP contribution in [0.4, 0.5) is 9.52 Å². The molecule has 178 valence electrons. The molecule has 2 aliphatic heterocycles. The fourth-order valence-corrected chi connectivity index (χ4v) is 6.07. The number of fused-ring (bicyclic) bond motifs is 1. The number of amides is 1. The topological polar surface area (TPSA) is 85.8 Å². The number of hydrogen-bond donors (Lipinski definition) is 0. The van der Waals surface area contributed by atoms with Crippen molar-refractivity contribution in [2.45, 2.75) is 58.4 Å². The molecule has 0 saturated heterocycles. The van der Waals surface area contributed by atoms with E-state index in [0.717, 1.165) is 11.3 Å². The van der Waals surface area contributed by atoms with Gasteiger partial charge in [0.15, 0.2) is 22.5 Å². The van der Waals surface area contributed by atoms with Crippen molar-refractivity contribution in [2.24, 2.45) is 5.92 Å². The molecule has 4 unspecified atom stereocenters. The number of aromatic nitrogens is 1. The number of nitrogens with zero attached hydrogens (tertiary/aromatic N) is 2. The van der Waals surface area contributed by atoms with E-state index in [9.17, 15) is 18.8 Å². The van der Waals surface area contributed by atoms with Crippen molar-refractivity contribution in [3.8, 4) is 5.75 Å². The maximum atomic E-state index is 14.2. The number of benzene rings is 1. The first-order chi connectivity index (χ1) is 16.3. The van der Waals surface area contributed by atoms with Gasteiger partial charge in [0.05, 0.1) is 34.7 Å². The molecule has 5 rings (SSSR count). The van der Waals surface area contributed by atoms with Gasteiger partial charge in [-0.15, -0.1) is 0 Å². The number of halogens is 1. The second kappa shape index (κ2) is 8.61. The van der Waals surface area contributed by atoms with Crippen LogP contribution in [0.15, 0.2) is 35.6 Å². The normalized spacial score (nSPS) is 26.3. The molecule has 3 aliphatic rings. The van der Waals surface area contributed by atoms with Gasteiger partial charge in [0.25, 0.3) is 5.91 Å². The largest absolute Gasteiger partial charge is 0.494 e. The predicted octanol–water partition coefficient (Wildman–Crippen LogP) is 4.50. The Morgan fingerprint density at radius 1 is 1.32 bits per heavy atom. The number of alkyl halides is 1. The zero-order valence-corrected chi connectivity index (χ0v) is 20.0. The second-order valence-corrected chi connectivity index (χ2v) is 9.81. The van der Waals surface area contributed by atoms with Crippen LogP contribution < -0.4 is 9.64 Å².